The Morgan fingerprint density at radius 2 is 1.85 bits per heavy atom. The molecule has 0 unspecified atom stereocenters. The summed E-state index contributed by atoms with van der Waals surface area (Å²) in [5.41, 5.74) is 6.94. The van der Waals surface area contributed by atoms with Crippen LogP contribution < -0.4 is 4.90 Å². The Kier molecular flexibility index (Phi) is 5.88. The predicted molar refractivity (Wildman–Crippen MR) is 136 cm³/mol. The molecule has 0 N–H and O–H groups in total. The summed E-state index contributed by atoms with van der Waals surface area (Å²) in [6.45, 7) is 11.9. The van der Waals surface area contributed by atoms with Crippen molar-refractivity contribution in [2.24, 2.45) is 13.0 Å². The SMILES string of the molecule is Cc1ccc(C(C)(C)C)cc1Cc1nc(N2CCC(Cn3ccnc3)CC2)nc2ncn(C)c12. The van der Waals surface area contributed by atoms with Crippen LogP contribution in [0, 0.1) is 12.8 Å². The van der Waals surface area contributed by atoms with Crippen LogP contribution >= 0.6 is 0 Å². The molecule has 1 fully saturated rings. The van der Waals surface area contributed by atoms with E-state index in [1.807, 2.05) is 32.1 Å². The zero-order chi connectivity index (χ0) is 23.9. The molecule has 3 aromatic heterocycles. The zero-order valence-electron chi connectivity index (χ0n) is 21.0. The number of nitrogens with zero attached hydrogens (tertiary/aromatic N) is 7. The highest BCUT2D eigenvalue weighted by atomic mass is 15.3. The Bertz CT molecular complexity index is 1270. The second-order valence-electron chi connectivity index (χ2n) is 10.8. The van der Waals surface area contributed by atoms with E-state index < -0.39 is 0 Å². The van der Waals surface area contributed by atoms with Crippen LogP contribution in [0.25, 0.3) is 11.2 Å². The van der Waals surface area contributed by atoms with Crippen LogP contribution in [0.1, 0.15) is 56.0 Å². The lowest BCUT2D eigenvalue weighted by atomic mass is 9.84. The fourth-order valence-corrected chi connectivity index (χ4v) is 4.91. The first-order valence-corrected chi connectivity index (χ1v) is 12.3. The van der Waals surface area contributed by atoms with E-state index in [0.717, 1.165) is 61.7 Å². The molecular weight excluding hydrogens is 422 g/mol. The van der Waals surface area contributed by atoms with Crippen molar-refractivity contribution in [3.05, 3.63) is 65.6 Å². The minimum atomic E-state index is 0.113. The van der Waals surface area contributed by atoms with Crippen molar-refractivity contribution in [3.8, 4) is 0 Å². The number of piperidine rings is 1. The molecule has 1 aliphatic heterocycles. The van der Waals surface area contributed by atoms with Crippen molar-refractivity contribution in [3.63, 3.8) is 0 Å². The van der Waals surface area contributed by atoms with Crippen LogP contribution in [0.5, 0.6) is 0 Å². The number of aryl methyl sites for hydroxylation is 2. The lowest BCUT2D eigenvalue weighted by Gasteiger charge is -2.32. The van der Waals surface area contributed by atoms with Crippen molar-refractivity contribution in [1.82, 2.24) is 29.1 Å². The Labute approximate surface area is 201 Å². The number of benzene rings is 1. The highest BCUT2D eigenvalue weighted by molar-refractivity contribution is 5.75. The third-order valence-electron chi connectivity index (χ3n) is 7.13. The summed E-state index contributed by atoms with van der Waals surface area (Å²) in [6, 6.07) is 6.84. The van der Waals surface area contributed by atoms with E-state index in [9.17, 15) is 0 Å². The number of fused-ring (bicyclic) bond motifs is 1. The van der Waals surface area contributed by atoms with Crippen molar-refractivity contribution in [2.45, 2.75) is 58.9 Å². The summed E-state index contributed by atoms with van der Waals surface area (Å²) in [5, 5.41) is 0. The molecule has 0 saturated carbocycles. The first-order chi connectivity index (χ1) is 16.3. The Hall–Kier alpha value is -3.22. The molecule has 7 heteroatoms. The van der Waals surface area contributed by atoms with Gasteiger partial charge in [0.05, 0.1) is 18.3 Å². The molecule has 34 heavy (non-hydrogen) atoms. The van der Waals surface area contributed by atoms with Crippen LogP contribution in [0.15, 0.2) is 43.2 Å². The van der Waals surface area contributed by atoms with Crippen LogP contribution in [0.3, 0.4) is 0 Å². The van der Waals surface area contributed by atoms with Crippen molar-refractivity contribution < 1.29 is 0 Å². The van der Waals surface area contributed by atoms with E-state index in [2.05, 4.69) is 69.9 Å². The third-order valence-corrected chi connectivity index (χ3v) is 7.13. The molecule has 1 aliphatic rings. The van der Waals surface area contributed by atoms with Gasteiger partial charge in [0, 0.05) is 45.5 Å². The van der Waals surface area contributed by atoms with Crippen LogP contribution in [0.2, 0.25) is 0 Å². The highest BCUT2D eigenvalue weighted by Gasteiger charge is 2.24. The number of hydrogen-bond donors (Lipinski definition) is 0. The largest absolute Gasteiger partial charge is 0.341 e. The van der Waals surface area contributed by atoms with Gasteiger partial charge >= 0.3 is 0 Å². The van der Waals surface area contributed by atoms with Crippen LogP contribution in [0.4, 0.5) is 5.95 Å². The minimum Gasteiger partial charge on any atom is -0.341 e. The van der Waals surface area contributed by atoms with Crippen molar-refractivity contribution >= 4 is 17.1 Å². The van der Waals surface area contributed by atoms with E-state index >= 15 is 0 Å². The molecule has 4 aromatic rings. The van der Waals surface area contributed by atoms with E-state index in [1.54, 1.807) is 0 Å². The summed E-state index contributed by atoms with van der Waals surface area (Å²) in [6.07, 6.45) is 10.7. The fraction of sp³-hybridized carbons (Fsp3) is 0.481. The molecule has 1 saturated heterocycles. The van der Waals surface area contributed by atoms with Gasteiger partial charge in [-0.3, -0.25) is 0 Å². The van der Waals surface area contributed by atoms with Gasteiger partial charge in [0.25, 0.3) is 0 Å². The third kappa shape index (κ3) is 4.56. The summed E-state index contributed by atoms with van der Waals surface area (Å²) in [7, 11) is 2.03. The average molecular weight is 458 g/mol. The fourth-order valence-electron chi connectivity index (χ4n) is 4.91. The number of aromatic nitrogens is 6. The Morgan fingerprint density at radius 1 is 1.06 bits per heavy atom. The molecule has 7 nitrogen and oxygen atoms in total. The molecule has 0 amide bonds. The van der Waals surface area contributed by atoms with Crippen molar-refractivity contribution in [1.29, 1.82) is 0 Å². The van der Waals surface area contributed by atoms with E-state index in [4.69, 9.17) is 9.97 Å². The first-order valence-electron chi connectivity index (χ1n) is 12.3. The minimum absolute atomic E-state index is 0.113. The Balaban J connectivity index is 1.42. The number of hydrogen-bond acceptors (Lipinski definition) is 5. The topological polar surface area (TPSA) is 64.7 Å². The van der Waals surface area contributed by atoms with Gasteiger partial charge in [0.2, 0.25) is 5.95 Å². The van der Waals surface area contributed by atoms with Gasteiger partial charge in [0.15, 0.2) is 5.65 Å². The van der Waals surface area contributed by atoms with Crippen molar-refractivity contribution in [2.75, 3.05) is 18.0 Å². The summed E-state index contributed by atoms with van der Waals surface area (Å²) in [4.78, 5) is 21.1. The molecule has 1 aromatic carbocycles. The lowest BCUT2D eigenvalue weighted by Crippen LogP contribution is -2.36. The lowest BCUT2D eigenvalue weighted by molar-refractivity contribution is 0.355. The summed E-state index contributed by atoms with van der Waals surface area (Å²) in [5.74, 6) is 1.47. The number of imidazole rings is 2. The average Bonchev–Trinajstić information content (AvgIpc) is 3.45. The maximum Gasteiger partial charge on any atom is 0.227 e. The highest BCUT2D eigenvalue weighted by Crippen LogP contribution is 2.29. The molecule has 0 atom stereocenters. The van der Waals surface area contributed by atoms with E-state index in [-0.39, 0.29) is 5.41 Å². The molecular formula is C27H35N7. The molecule has 0 bridgehead atoms. The molecule has 5 rings (SSSR count). The van der Waals surface area contributed by atoms with Gasteiger partial charge in [-0.05, 0) is 47.8 Å². The molecule has 0 aliphatic carbocycles. The second kappa shape index (κ2) is 8.85. The van der Waals surface area contributed by atoms with Gasteiger partial charge in [-0.2, -0.15) is 4.98 Å². The molecule has 0 spiro atoms. The maximum absolute atomic E-state index is 5.13. The molecule has 178 valence electrons. The van der Waals surface area contributed by atoms with Gasteiger partial charge in [0.1, 0.15) is 5.52 Å². The molecule has 4 heterocycles. The summed E-state index contributed by atoms with van der Waals surface area (Å²) >= 11 is 0. The van der Waals surface area contributed by atoms with Gasteiger partial charge < -0.3 is 14.0 Å². The van der Waals surface area contributed by atoms with Gasteiger partial charge in [-0.1, -0.05) is 39.0 Å². The number of rotatable bonds is 5. The van der Waals surface area contributed by atoms with Crippen LogP contribution in [-0.2, 0) is 25.4 Å². The predicted octanol–water partition coefficient (Wildman–Crippen LogP) is 4.67. The van der Waals surface area contributed by atoms with E-state index in [0.29, 0.717) is 5.92 Å². The first kappa shape index (κ1) is 22.6. The Morgan fingerprint density at radius 3 is 2.56 bits per heavy atom. The summed E-state index contributed by atoms with van der Waals surface area (Å²) < 4.78 is 4.23. The smallest absolute Gasteiger partial charge is 0.227 e. The quantitative estimate of drug-likeness (QED) is 0.436. The normalized spacial score (nSPS) is 15.4. The second-order valence-corrected chi connectivity index (χ2v) is 10.8. The monoisotopic (exact) mass is 457 g/mol. The van der Waals surface area contributed by atoms with Gasteiger partial charge in [-0.25, -0.2) is 15.0 Å². The zero-order valence-corrected chi connectivity index (χ0v) is 21.0. The van der Waals surface area contributed by atoms with Gasteiger partial charge in [-0.15, -0.1) is 0 Å². The van der Waals surface area contributed by atoms with E-state index in [1.165, 1.54) is 16.7 Å². The maximum atomic E-state index is 5.13. The van der Waals surface area contributed by atoms with Crippen LogP contribution in [-0.4, -0.2) is 42.2 Å². The standard InChI is InChI=1S/C27H35N7/c1-19-6-7-22(27(2,3)4)14-21(19)15-23-24-25(29-18-32(24)5)31-26(30-23)34-11-8-20(9-12-34)16-33-13-10-28-17-33/h6-7,10,13-14,17-18,20H,8-9,11-12,15-16H2,1-5H3. The number of anilines is 1. The molecule has 0 radical (unpaired) electrons.